The summed E-state index contributed by atoms with van der Waals surface area (Å²) in [6, 6.07) is 9.39. The maximum Gasteiger partial charge on any atom is 0.308 e. The van der Waals surface area contributed by atoms with Crippen LogP contribution in [0.2, 0.25) is 0 Å². The van der Waals surface area contributed by atoms with Gasteiger partial charge in [-0.15, -0.1) is 0 Å². The van der Waals surface area contributed by atoms with Crippen molar-refractivity contribution in [3.63, 3.8) is 0 Å². The summed E-state index contributed by atoms with van der Waals surface area (Å²) in [6.07, 6.45) is 3.06. The molecule has 0 bridgehead atoms. The summed E-state index contributed by atoms with van der Waals surface area (Å²) in [4.78, 5) is 21.7. The molecular formula is C17H20N4O3. The monoisotopic (exact) mass is 328 g/mol. The van der Waals surface area contributed by atoms with E-state index in [9.17, 15) is 9.90 Å². The van der Waals surface area contributed by atoms with E-state index in [4.69, 9.17) is 4.74 Å². The third-order valence-corrected chi connectivity index (χ3v) is 4.11. The van der Waals surface area contributed by atoms with E-state index in [2.05, 4.69) is 15.3 Å². The number of rotatable bonds is 5. The molecule has 1 atom stereocenters. The number of benzene rings is 1. The fraction of sp³-hybridized carbons (Fsp3) is 0.353. The maximum absolute atomic E-state index is 11.2. The Bertz CT molecular complexity index is 705. The van der Waals surface area contributed by atoms with Crippen molar-refractivity contribution in [3.8, 4) is 5.75 Å². The second kappa shape index (κ2) is 7.16. The molecule has 2 heterocycles. The molecule has 0 unspecified atom stereocenters. The molecule has 2 aromatic rings. The van der Waals surface area contributed by atoms with Gasteiger partial charge in [-0.25, -0.2) is 9.97 Å². The Hall–Kier alpha value is -2.83. The number of piperidine rings is 1. The van der Waals surface area contributed by atoms with Gasteiger partial charge in [0, 0.05) is 24.8 Å². The largest absolute Gasteiger partial charge is 0.497 e. The number of aliphatic carboxylic acids is 1. The van der Waals surface area contributed by atoms with E-state index in [-0.39, 0.29) is 5.92 Å². The third kappa shape index (κ3) is 3.73. The molecule has 1 aromatic heterocycles. The minimum atomic E-state index is -0.745. The SMILES string of the molecule is COc1ccc(Nc2cc(N3CCC[C@H](C(=O)O)C3)ncn2)cc1. The van der Waals surface area contributed by atoms with Crippen LogP contribution in [0.5, 0.6) is 5.75 Å². The average molecular weight is 328 g/mol. The molecule has 0 saturated carbocycles. The Morgan fingerprint density at radius 1 is 1.33 bits per heavy atom. The molecule has 1 saturated heterocycles. The second-order valence-corrected chi connectivity index (χ2v) is 5.74. The zero-order valence-electron chi connectivity index (χ0n) is 13.5. The number of aromatic nitrogens is 2. The van der Waals surface area contributed by atoms with E-state index in [0.29, 0.717) is 18.8 Å². The van der Waals surface area contributed by atoms with Crippen LogP contribution in [0, 0.1) is 5.92 Å². The molecule has 126 valence electrons. The van der Waals surface area contributed by atoms with Crippen molar-refractivity contribution < 1.29 is 14.6 Å². The first kappa shape index (κ1) is 16.0. The second-order valence-electron chi connectivity index (χ2n) is 5.74. The predicted molar refractivity (Wildman–Crippen MR) is 90.9 cm³/mol. The van der Waals surface area contributed by atoms with Crippen LogP contribution in [0.1, 0.15) is 12.8 Å². The number of methoxy groups -OCH3 is 1. The summed E-state index contributed by atoms with van der Waals surface area (Å²) < 4.78 is 5.14. The van der Waals surface area contributed by atoms with Gasteiger partial charge in [0.2, 0.25) is 0 Å². The normalized spacial score (nSPS) is 17.4. The molecule has 0 amide bonds. The molecule has 0 radical (unpaired) electrons. The van der Waals surface area contributed by atoms with E-state index in [0.717, 1.165) is 30.2 Å². The molecule has 1 aliphatic heterocycles. The van der Waals surface area contributed by atoms with E-state index in [1.165, 1.54) is 6.33 Å². The summed E-state index contributed by atoms with van der Waals surface area (Å²) in [5, 5.41) is 12.4. The molecule has 2 N–H and O–H groups in total. The van der Waals surface area contributed by atoms with Gasteiger partial charge in [0.05, 0.1) is 13.0 Å². The molecule has 24 heavy (non-hydrogen) atoms. The number of hydrogen-bond acceptors (Lipinski definition) is 6. The van der Waals surface area contributed by atoms with Crippen molar-refractivity contribution in [1.29, 1.82) is 0 Å². The summed E-state index contributed by atoms with van der Waals surface area (Å²) >= 11 is 0. The number of carboxylic acid groups (broad SMARTS) is 1. The summed E-state index contributed by atoms with van der Waals surface area (Å²) in [7, 11) is 1.63. The molecule has 3 rings (SSSR count). The van der Waals surface area contributed by atoms with Crippen LogP contribution >= 0.6 is 0 Å². The first-order valence-electron chi connectivity index (χ1n) is 7.86. The van der Waals surface area contributed by atoms with Gasteiger partial charge >= 0.3 is 5.97 Å². The van der Waals surface area contributed by atoms with Gasteiger partial charge in [-0.1, -0.05) is 0 Å². The lowest BCUT2D eigenvalue weighted by molar-refractivity contribution is -0.141. The van der Waals surface area contributed by atoms with E-state index < -0.39 is 5.97 Å². The van der Waals surface area contributed by atoms with Gasteiger partial charge in [0.1, 0.15) is 23.7 Å². The Kier molecular flexibility index (Phi) is 4.79. The summed E-state index contributed by atoms with van der Waals surface area (Å²) in [5.74, 6) is 1.11. The molecular weight excluding hydrogens is 308 g/mol. The zero-order chi connectivity index (χ0) is 16.9. The summed E-state index contributed by atoms with van der Waals surface area (Å²) in [5.41, 5.74) is 0.891. The molecule has 7 heteroatoms. The van der Waals surface area contributed by atoms with Gasteiger partial charge in [-0.2, -0.15) is 0 Å². The molecule has 0 spiro atoms. The van der Waals surface area contributed by atoms with Crippen molar-refractivity contribution >= 4 is 23.3 Å². The van der Waals surface area contributed by atoms with Crippen LogP contribution in [0.3, 0.4) is 0 Å². The zero-order valence-corrected chi connectivity index (χ0v) is 13.5. The highest BCUT2D eigenvalue weighted by Gasteiger charge is 2.26. The standard InChI is InChI=1S/C17H20N4O3/c1-24-14-6-4-13(5-7-14)20-15-9-16(19-11-18-15)21-8-2-3-12(10-21)17(22)23/h4-7,9,11-12H,2-3,8,10H2,1H3,(H,22,23)(H,18,19,20)/t12-/m0/s1. The number of carboxylic acids is 1. The number of ether oxygens (including phenoxy) is 1. The van der Waals surface area contributed by atoms with Gasteiger partial charge in [0.25, 0.3) is 0 Å². The van der Waals surface area contributed by atoms with E-state index >= 15 is 0 Å². The molecule has 1 fully saturated rings. The summed E-state index contributed by atoms with van der Waals surface area (Å²) in [6.45, 7) is 1.29. The van der Waals surface area contributed by atoms with Gasteiger partial charge < -0.3 is 20.1 Å². The van der Waals surface area contributed by atoms with Crippen LogP contribution in [-0.4, -0.2) is 41.2 Å². The fourth-order valence-corrected chi connectivity index (χ4v) is 2.80. The number of nitrogens with zero attached hydrogens (tertiary/aromatic N) is 3. The lowest BCUT2D eigenvalue weighted by atomic mass is 9.98. The number of anilines is 3. The molecule has 7 nitrogen and oxygen atoms in total. The highest BCUT2D eigenvalue weighted by atomic mass is 16.5. The van der Waals surface area contributed by atoms with E-state index in [1.54, 1.807) is 7.11 Å². The molecule has 1 aromatic carbocycles. The predicted octanol–water partition coefficient (Wildman–Crippen LogP) is 2.53. The van der Waals surface area contributed by atoms with Gasteiger partial charge in [-0.05, 0) is 37.1 Å². The van der Waals surface area contributed by atoms with Gasteiger partial charge in [-0.3, -0.25) is 4.79 Å². The smallest absolute Gasteiger partial charge is 0.308 e. The first-order chi connectivity index (χ1) is 11.7. The quantitative estimate of drug-likeness (QED) is 0.872. The van der Waals surface area contributed by atoms with Crippen LogP contribution < -0.4 is 15.0 Å². The Balaban J connectivity index is 1.72. The Labute approximate surface area is 140 Å². The average Bonchev–Trinajstić information content (AvgIpc) is 2.63. The number of carbonyl (C=O) groups is 1. The highest BCUT2D eigenvalue weighted by molar-refractivity contribution is 5.71. The molecule has 0 aliphatic carbocycles. The fourth-order valence-electron chi connectivity index (χ4n) is 2.80. The van der Waals surface area contributed by atoms with Crippen molar-refractivity contribution in [2.24, 2.45) is 5.92 Å². The number of nitrogens with one attached hydrogen (secondary N) is 1. The number of hydrogen-bond donors (Lipinski definition) is 2. The Morgan fingerprint density at radius 3 is 2.83 bits per heavy atom. The topological polar surface area (TPSA) is 87.6 Å². The third-order valence-electron chi connectivity index (χ3n) is 4.11. The van der Waals surface area contributed by atoms with Crippen LogP contribution in [0.4, 0.5) is 17.3 Å². The lowest BCUT2D eigenvalue weighted by Crippen LogP contribution is -2.39. The van der Waals surface area contributed by atoms with Gasteiger partial charge in [0.15, 0.2) is 0 Å². The minimum absolute atomic E-state index is 0.341. The van der Waals surface area contributed by atoms with Crippen molar-refractivity contribution in [2.45, 2.75) is 12.8 Å². The van der Waals surface area contributed by atoms with Crippen LogP contribution in [0.25, 0.3) is 0 Å². The lowest BCUT2D eigenvalue weighted by Gasteiger charge is -2.31. The van der Waals surface area contributed by atoms with Crippen LogP contribution in [0.15, 0.2) is 36.7 Å². The van der Waals surface area contributed by atoms with Crippen LogP contribution in [-0.2, 0) is 4.79 Å². The van der Waals surface area contributed by atoms with Crippen molar-refractivity contribution in [3.05, 3.63) is 36.7 Å². The maximum atomic E-state index is 11.2. The van der Waals surface area contributed by atoms with E-state index in [1.807, 2.05) is 35.2 Å². The van der Waals surface area contributed by atoms with Crippen molar-refractivity contribution in [2.75, 3.05) is 30.4 Å². The first-order valence-corrected chi connectivity index (χ1v) is 7.86. The highest BCUT2D eigenvalue weighted by Crippen LogP contribution is 2.24. The van der Waals surface area contributed by atoms with Crippen molar-refractivity contribution in [1.82, 2.24) is 9.97 Å². The molecule has 1 aliphatic rings. The Morgan fingerprint density at radius 2 is 2.12 bits per heavy atom. The minimum Gasteiger partial charge on any atom is -0.497 e.